The minimum Gasteiger partial charge on any atom is -0.479 e. The molecule has 0 aliphatic carbocycles. The molecule has 0 aromatic carbocycles. The van der Waals surface area contributed by atoms with Gasteiger partial charge in [-0.1, -0.05) is 199 Å². The zero-order valence-electron chi connectivity index (χ0n) is 42.7. The quantitative estimate of drug-likeness (QED) is 0.0228. The molecule has 0 bridgehead atoms. The number of carbonyl (C=O) groups is 4. The van der Waals surface area contributed by atoms with Gasteiger partial charge >= 0.3 is 23.9 Å². The third kappa shape index (κ3) is 35.0. The van der Waals surface area contributed by atoms with E-state index in [9.17, 15) is 34.5 Å². The molecule has 0 amide bonds. The molecule has 1 rings (SSSR count). The van der Waals surface area contributed by atoms with Crippen LogP contribution in [-0.4, -0.2) is 89.2 Å². The lowest BCUT2D eigenvalue weighted by Crippen LogP contribution is -2.61. The van der Waals surface area contributed by atoms with E-state index in [4.69, 9.17) is 23.7 Å². The first-order valence-corrected chi connectivity index (χ1v) is 27.3. The molecule has 1 aliphatic rings. The molecule has 0 spiro atoms. The van der Waals surface area contributed by atoms with Crippen molar-refractivity contribution >= 4 is 23.9 Å². The van der Waals surface area contributed by atoms with Gasteiger partial charge in [0.05, 0.1) is 6.61 Å². The van der Waals surface area contributed by atoms with Gasteiger partial charge in [-0.05, 0) is 57.8 Å². The Kier molecular flexibility index (Phi) is 41.2. The highest BCUT2D eigenvalue weighted by atomic mass is 16.7. The van der Waals surface area contributed by atoms with E-state index in [2.05, 4.69) is 45.1 Å². The molecule has 0 saturated carbocycles. The Labute approximate surface area is 407 Å². The monoisotopic (exact) mass is 951 g/mol. The van der Waals surface area contributed by atoms with Crippen LogP contribution in [0, 0.1) is 0 Å². The summed E-state index contributed by atoms with van der Waals surface area (Å²) in [6.07, 6.45) is 36.0. The van der Waals surface area contributed by atoms with E-state index in [0.717, 1.165) is 96.3 Å². The summed E-state index contributed by atoms with van der Waals surface area (Å²) < 4.78 is 28.3. The number of carboxylic acid groups (broad SMARTS) is 1. The smallest absolute Gasteiger partial charge is 0.335 e. The van der Waals surface area contributed by atoms with Crippen molar-refractivity contribution in [2.45, 2.75) is 289 Å². The molecule has 1 saturated heterocycles. The number of hydrogen-bond acceptors (Lipinski definition) is 11. The first-order chi connectivity index (χ1) is 32.6. The van der Waals surface area contributed by atoms with Gasteiger partial charge in [0, 0.05) is 19.3 Å². The van der Waals surface area contributed by atoms with Gasteiger partial charge < -0.3 is 39.0 Å². The maximum atomic E-state index is 13.1. The summed E-state index contributed by atoms with van der Waals surface area (Å²) >= 11 is 0. The second-order valence-electron chi connectivity index (χ2n) is 18.9. The molecule has 12 nitrogen and oxygen atoms in total. The summed E-state index contributed by atoms with van der Waals surface area (Å²) in [6, 6.07) is 0. The van der Waals surface area contributed by atoms with E-state index in [1.807, 2.05) is 0 Å². The van der Waals surface area contributed by atoms with Gasteiger partial charge in [0.1, 0.15) is 18.8 Å². The van der Waals surface area contributed by atoms with E-state index in [1.54, 1.807) is 0 Å². The lowest BCUT2D eigenvalue weighted by Gasteiger charge is -2.40. The third-order valence-electron chi connectivity index (χ3n) is 12.5. The highest BCUT2D eigenvalue weighted by molar-refractivity contribution is 5.74. The standard InChI is InChI=1S/C55H98O12/c1-4-7-10-13-16-19-22-23-24-25-28-29-32-35-38-41-47(56)63-44-46(65-48(57)42-39-36-33-30-26-20-17-14-11-8-5-2)45-64-55-53(51(60)50(59)52(67-55)54(61)62)66-49(58)43-40-37-34-31-27-21-18-15-12-9-6-3/h14-15,17-18,46,50-53,55,59-60H,4-13,16,19-45H2,1-3H3,(H,61,62)/b17-14-,18-15-. The Bertz CT molecular complexity index is 1270. The van der Waals surface area contributed by atoms with Crippen LogP contribution >= 0.6 is 0 Å². The molecular weight excluding hydrogens is 853 g/mol. The van der Waals surface area contributed by atoms with Crippen LogP contribution in [0.25, 0.3) is 0 Å². The SMILES string of the molecule is CCCC/C=C\CCCCCCCC(=O)OC(COC(=O)CCCCCCCCCCCCCCCCC)COC1OC(C(=O)O)C(O)C(O)C1OC(=O)CCCCCCC/C=C\CCCC. The number of aliphatic hydroxyl groups is 2. The average molecular weight is 951 g/mol. The van der Waals surface area contributed by atoms with Crippen LogP contribution in [0.4, 0.5) is 0 Å². The number of aliphatic hydroxyl groups excluding tert-OH is 2. The molecule has 6 unspecified atom stereocenters. The zero-order chi connectivity index (χ0) is 49.0. The normalized spacial score (nSPS) is 19.0. The second-order valence-corrected chi connectivity index (χ2v) is 18.9. The number of carboxylic acids is 1. The van der Waals surface area contributed by atoms with Gasteiger partial charge in [-0.2, -0.15) is 0 Å². The molecular formula is C55H98O12. The summed E-state index contributed by atoms with van der Waals surface area (Å²) in [4.78, 5) is 50.8. The molecule has 3 N–H and O–H groups in total. The maximum absolute atomic E-state index is 13.1. The number of esters is 3. The van der Waals surface area contributed by atoms with E-state index < -0.39 is 67.3 Å². The van der Waals surface area contributed by atoms with E-state index in [0.29, 0.717) is 19.3 Å². The van der Waals surface area contributed by atoms with Gasteiger partial charge in [-0.15, -0.1) is 0 Å². The lowest BCUT2D eigenvalue weighted by atomic mass is 9.98. The Morgan fingerprint density at radius 1 is 0.478 bits per heavy atom. The van der Waals surface area contributed by atoms with Crippen LogP contribution in [0.2, 0.25) is 0 Å². The summed E-state index contributed by atoms with van der Waals surface area (Å²) in [5, 5.41) is 31.3. The average Bonchev–Trinajstić information content (AvgIpc) is 3.31. The first kappa shape index (κ1) is 62.2. The predicted molar refractivity (Wildman–Crippen MR) is 266 cm³/mol. The highest BCUT2D eigenvalue weighted by Crippen LogP contribution is 2.26. The van der Waals surface area contributed by atoms with E-state index >= 15 is 0 Å². The Balaban J connectivity index is 2.70. The van der Waals surface area contributed by atoms with Crippen molar-refractivity contribution in [3.8, 4) is 0 Å². The van der Waals surface area contributed by atoms with Gasteiger partial charge in [-0.3, -0.25) is 14.4 Å². The topological polar surface area (TPSA) is 175 Å². The second kappa shape index (κ2) is 44.4. The molecule has 67 heavy (non-hydrogen) atoms. The number of rotatable bonds is 46. The van der Waals surface area contributed by atoms with Crippen LogP contribution in [0.1, 0.15) is 252 Å². The Morgan fingerprint density at radius 3 is 1.31 bits per heavy atom. The molecule has 1 aliphatic heterocycles. The van der Waals surface area contributed by atoms with Crippen molar-refractivity contribution in [1.29, 1.82) is 0 Å². The molecule has 12 heteroatoms. The first-order valence-electron chi connectivity index (χ1n) is 27.3. The van der Waals surface area contributed by atoms with E-state index in [-0.39, 0.29) is 25.9 Å². The molecule has 0 aromatic rings. The number of carbonyl (C=O) groups excluding carboxylic acids is 3. The third-order valence-corrected chi connectivity index (χ3v) is 12.5. The van der Waals surface area contributed by atoms with Crippen LogP contribution < -0.4 is 0 Å². The van der Waals surface area contributed by atoms with Crippen LogP contribution in [0.15, 0.2) is 24.3 Å². The summed E-state index contributed by atoms with van der Waals surface area (Å²) in [5.41, 5.74) is 0. The Morgan fingerprint density at radius 2 is 0.866 bits per heavy atom. The fourth-order valence-electron chi connectivity index (χ4n) is 8.21. The van der Waals surface area contributed by atoms with Crippen molar-refractivity contribution in [2.24, 2.45) is 0 Å². The highest BCUT2D eigenvalue weighted by Gasteiger charge is 2.50. The molecule has 0 radical (unpaired) electrons. The summed E-state index contributed by atoms with van der Waals surface area (Å²) in [7, 11) is 0. The lowest BCUT2D eigenvalue weighted by molar-refractivity contribution is -0.301. The maximum Gasteiger partial charge on any atom is 0.335 e. The molecule has 1 fully saturated rings. The molecule has 390 valence electrons. The number of allylic oxidation sites excluding steroid dienone is 4. The van der Waals surface area contributed by atoms with Crippen LogP contribution in [0.3, 0.4) is 0 Å². The van der Waals surface area contributed by atoms with Gasteiger partial charge in [-0.25, -0.2) is 4.79 Å². The van der Waals surface area contributed by atoms with Crippen LogP contribution in [0.5, 0.6) is 0 Å². The van der Waals surface area contributed by atoms with Crippen molar-refractivity contribution in [2.75, 3.05) is 13.2 Å². The van der Waals surface area contributed by atoms with Crippen LogP contribution in [-0.2, 0) is 42.9 Å². The summed E-state index contributed by atoms with van der Waals surface area (Å²) in [5.74, 6) is -3.12. The fraction of sp³-hybridized carbons (Fsp3) is 0.855. The molecule has 0 aromatic heterocycles. The minimum absolute atomic E-state index is 0.0525. The fourth-order valence-corrected chi connectivity index (χ4v) is 8.21. The Hall–Kier alpha value is -2.80. The number of aliphatic carboxylic acids is 1. The van der Waals surface area contributed by atoms with E-state index in [1.165, 1.54) is 96.3 Å². The number of unbranched alkanes of at least 4 members (excludes halogenated alkanes) is 28. The zero-order valence-corrected chi connectivity index (χ0v) is 42.7. The number of ether oxygens (including phenoxy) is 5. The van der Waals surface area contributed by atoms with Crippen molar-refractivity contribution in [3.63, 3.8) is 0 Å². The largest absolute Gasteiger partial charge is 0.479 e. The minimum atomic E-state index is -1.90. The summed E-state index contributed by atoms with van der Waals surface area (Å²) in [6.45, 7) is 5.90. The molecule has 1 heterocycles. The predicted octanol–water partition coefficient (Wildman–Crippen LogP) is 13.1. The van der Waals surface area contributed by atoms with Crippen molar-refractivity contribution in [1.82, 2.24) is 0 Å². The van der Waals surface area contributed by atoms with Gasteiger partial charge in [0.15, 0.2) is 24.6 Å². The number of hydrogen-bond donors (Lipinski definition) is 3. The van der Waals surface area contributed by atoms with Gasteiger partial charge in [0.25, 0.3) is 0 Å². The van der Waals surface area contributed by atoms with Crippen molar-refractivity contribution in [3.05, 3.63) is 24.3 Å². The van der Waals surface area contributed by atoms with Crippen molar-refractivity contribution < 1.29 is 58.2 Å². The molecule has 6 atom stereocenters. The van der Waals surface area contributed by atoms with Gasteiger partial charge in [0.2, 0.25) is 0 Å².